The van der Waals surface area contributed by atoms with Crippen LogP contribution in [-0.2, 0) is 27.4 Å². The van der Waals surface area contributed by atoms with Gasteiger partial charge < -0.3 is 30.3 Å². The van der Waals surface area contributed by atoms with Crippen LogP contribution in [0.1, 0.15) is 17.7 Å². The number of carbonyl (C=O) groups is 3. The Kier molecular flexibility index (Phi) is 9.03. The molecule has 2 atom stereocenters. The first-order valence-corrected chi connectivity index (χ1v) is 10.3. The molecule has 0 spiro atoms. The zero-order valence-corrected chi connectivity index (χ0v) is 16.7. The maximum absolute atomic E-state index is 12.6. The Hall–Kier alpha value is -3.01. The number of imidazole rings is 1. The molecule has 1 aromatic heterocycles. The van der Waals surface area contributed by atoms with Crippen LogP contribution >= 0.6 is 11.8 Å². The first kappa shape index (κ1) is 22.3. The van der Waals surface area contributed by atoms with E-state index in [4.69, 9.17) is 4.74 Å². The van der Waals surface area contributed by atoms with Gasteiger partial charge in [-0.05, 0) is 24.0 Å². The number of H-pyrrole nitrogens is 1. The van der Waals surface area contributed by atoms with E-state index in [1.807, 2.05) is 24.5 Å². The van der Waals surface area contributed by atoms with Crippen molar-refractivity contribution >= 4 is 29.7 Å². The molecular weight excluding hydrogens is 396 g/mol. The molecule has 0 radical (unpaired) electrons. The zero-order chi connectivity index (χ0) is 21.1. The van der Waals surface area contributed by atoms with E-state index in [0.29, 0.717) is 11.4 Å². The number of hydrogen-bond donors (Lipinski definition) is 3. The summed E-state index contributed by atoms with van der Waals surface area (Å²) in [6.45, 7) is 0.0421. The molecule has 0 fully saturated rings. The van der Waals surface area contributed by atoms with Crippen molar-refractivity contribution in [2.75, 3.05) is 12.0 Å². The molecule has 0 unspecified atom stereocenters. The molecule has 2 rings (SSSR count). The largest absolute Gasteiger partial charge is 0.548 e. The lowest BCUT2D eigenvalue weighted by molar-refractivity contribution is -0.308. The zero-order valence-electron chi connectivity index (χ0n) is 15.9. The van der Waals surface area contributed by atoms with Crippen LogP contribution in [0.25, 0.3) is 0 Å². The molecule has 1 aromatic carbocycles. The van der Waals surface area contributed by atoms with Crippen molar-refractivity contribution in [3.63, 3.8) is 0 Å². The highest BCUT2D eigenvalue weighted by Crippen LogP contribution is 2.05. The van der Waals surface area contributed by atoms with E-state index < -0.39 is 30.1 Å². The van der Waals surface area contributed by atoms with E-state index in [1.54, 1.807) is 12.1 Å². The highest BCUT2D eigenvalue weighted by molar-refractivity contribution is 7.98. The normalized spacial score (nSPS) is 12.6. The van der Waals surface area contributed by atoms with Crippen LogP contribution in [0.5, 0.6) is 0 Å². The second-order valence-electron chi connectivity index (χ2n) is 6.20. The summed E-state index contributed by atoms with van der Waals surface area (Å²) in [5, 5.41) is 16.2. The number of hydrogen-bond acceptors (Lipinski definition) is 7. The summed E-state index contributed by atoms with van der Waals surface area (Å²) in [7, 11) is 0. The second-order valence-corrected chi connectivity index (χ2v) is 7.19. The van der Waals surface area contributed by atoms with Crippen molar-refractivity contribution in [1.29, 1.82) is 0 Å². The Morgan fingerprint density at radius 3 is 2.59 bits per heavy atom. The number of carbonyl (C=O) groups excluding carboxylic acids is 3. The molecule has 0 bridgehead atoms. The van der Waals surface area contributed by atoms with Crippen molar-refractivity contribution in [3.8, 4) is 0 Å². The second kappa shape index (κ2) is 11.7. The number of aromatic amines is 1. The molecule has 0 saturated heterocycles. The SMILES string of the molecule is CSCC[C@H](NC(=O)[C@H](Cc1cnc[nH]1)NC(=O)OCc1ccccc1)C(=O)[O-]. The third kappa shape index (κ3) is 7.86. The predicted molar refractivity (Wildman–Crippen MR) is 106 cm³/mol. The molecule has 0 aliphatic carbocycles. The van der Waals surface area contributed by atoms with Crippen LogP contribution in [0, 0.1) is 0 Å². The minimum atomic E-state index is -1.38. The number of thioether (sulfide) groups is 1. The van der Waals surface area contributed by atoms with Gasteiger partial charge in [0.15, 0.2) is 0 Å². The summed E-state index contributed by atoms with van der Waals surface area (Å²) in [4.78, 5) is 42.9. The number of carboxylic acids is 1. The van der Waals surface area contributed by atoms with Gasteiger partial charge in [0.25, 0.3) is 0 Å². The average molecular weight is 419 g/mol. The standard InChI is InChI=1S/C19H24N4O5S/c1-29-8-7-15(18(25)26)22-17(24)16(9-14-10-20-12-21-14)23-19(27)28-11-13-5-3-2-4-6-13/h2-6,10,12,15-16H,7-9,11H2,1H3,(H,20,21)(H,22,24)(H,23,27)(H,25,26)/p-1/t15-,16-/m0/s1. The average Bonchev–Trinajstić information content (AvgIpc) is 3.22. The first-order chi connectivity index (χ1) is 14.0. The number of alkyl carbamates (subject to hydrolysis) is 1. The molecule has 10 heteroatoms. The molecule has 2 aromatic rings. The number of nitrogens with zero attached hydrogens (tertiary/aromatic N) is 1. The van der Waals surface area contributed by atoms with Gasteiger partial charge in [0, 0.05) is 18.3 Å². The third-order valence-electron chi connectivity index (χ3n) is 4.01. The van der Waals surface area contributed by atoms with Crippen LogP contribution in [0.2, 0.25) is 0 Å². The lowest BCUT2D eigenvalue weighted by Crippen LogP contribution is -2.55. The van der Waals surface area contributed by atoms with Crippen molar-refractivity contribution in [2.24, 2.45) is 0 Å². The van der Waals surface area contributed by atoms with Gasteiger partial charge in [-0.3, -0.25) is 4.79 Å². The Morgan fingerprint density at radius 2 is 1.97 bits per heavy atom. The van der Waals surface area contributed by atoms with Crippen molar-refractivity contribution in [3.05, 3.63) is 54.1 Å². The highest BCUT2D eigenvalue weighted by atomic mass is 32.2. The number of ether oxygens (including phenoxy) is 1. The minimum Gasteiger partial charge on any atom is -0.548 e. The summed E-state index contributed by atoms with van der Waals surface area (Å²) >= 11 is 1.46. The first-order valence-electron chi connectivity index (χ1n) is 8.94. The van der Waals surface area contributed by atoms with Crippen molar-refractivity contribution in [1.82, 2.24) is 20.6 Å². The Balaban J connectivity index is 2.00. The molecular formula is C19H23N4O5S-. The van der Waals surface area contributed by atoms with Crippen LogP contribution in [0.15, 0.2) is 42.9 Å². The molecule has 29 heavy (non-hydrogen) atoms. The van der Waals surface area contributed by atoms with E-state index in [0.717, 1.165) is 5.56 Å². The van der Waals surface area contributed by atoms with Gasteiger partial charge in [0.1, 0.15) is 12.6 Å². The molecule has 156 valence electrons. The predicted octanol–water partition coefficient (Wildman–Crippen LogP) is 0.235. The fourth-order valence-electron chi connectivity index (χ4n) is 2.49. The van der Waals surface area contributed by atoms with Gasteiger partial charge >= 0.3 is 6.09 Å². The molecule has 9 nitrogen and oxygen atoms in total. The van der Waals surface area contributed by atoms with Gasteiger partial charge in [-0.25, -0.2) is 9.78 Å². The van der Waals surface area contributed by atoms with Crippen molar-refractivity contribution in [2.45, 2.75) is 31.5 Å². The summed E-state index contributed by atoms with van der Waals surface area (Å²) < 4.78 is 5.16. The van der Waals surface area contributed by atoms with Crippen LogP contribution in [0.4, 0.5) is 4.79 Å². The summed E-state index contributed by atoms with van der Waals surface area (Å²) in [5.41, 5.74) is 1.40. The van der Waals surface area contributed by atoms with Crippen molar-refractivity contribution < 1.29 is 24.2 Å². The van der Waals surface area contributed by atoms with Crippen LogP contribution < -0.4 is 15.7 Å². The number of amides is 2. The van der Waals surface area contributed by atoms with Gasteiger partial charge in [0.05, 0.1) is 18.3 Å². The van der Waals surface area contributed by atoms with E-state index >= 15 is 0 Å². The molecule has 3 N–H and O–H groups in total. The topological polar surface area (TPSA) is 136 Å². The summed E-state index contributed by atoms with van der Waals surface area (Å²) in [6, 6.07) is 6.89. The maximum atomic E-state index is 12.6. The molecule has 0 aliphatic rings. The number of rotatable bonds is 11. The van der Waals surface area contributed by atoms with E-state index in [2.05, 4.69) is 20.6 Å². The monoisotopic (exact) mass is 419 g/mol. The number of aliphatic carboxylic acids is 1. The van der Waals surface area contributed by atoms with E-state index in [-0.39, 0.29) is 19.4 Å². The lowest BCUT2D eigenvalue weighted by atomic mass is 10.1. The van der Waals surface area contributed by atoms with Gasteiger partial charge in [-0.2, -0.15) is 11.8 Å². The molecule has 2 amide bonds. The molecule has 0 aliphatic heterocycles. The Morgan fingerprint density at radius 1 is 1.21 bits per heavy atom. The van der Waals surface area contributed by atoms with Gasteiger partial charge in [0.2, 0.25) is 5.91 Å². The van der Waals surface area contributed by atoms with E-state index in [9.17, 15) is 19.5 Å². The number of aromatic nitrogens is 2. The lowest BCUT2D eigenvalue weighted by Gasteiger charge is -2.23. The Labute approximate surface area is 172 Å². The third-order valence-corrected chi connectivity index (χ3v) is 4.66. The maximum Gasteiger partial charge on any atom is 0.408 e. The van der Waals surface area contributed by atoms with Gasteiger partial charge in [-0.15, -0.1) is 0 Å². The molecule has 1 heterocycles. The summed E-state index contributed by atoms with van der Waals surface area (Å²) in [6.07, 6.45) is 4.31. The smallest absolute Gasteiger partial charge is 0.408 e. The minimum absolute atomic E-state index is 0.0421. The highest BCUT2D eigenvalue weighted by Gasteiger charge is 2.25. The molecule has 0 saturated carbocycles. The number of carboxylic acid groups (broad SMARTS) is 1. The fraction of sp³-hybridized carbons (Fsp3) is 0.368. The number of benzene rings is 1. The Bertz CT molecular complexity index is 785. The quantitative estimate of drug-likeness (QED) is 0.474. The van der Waals surface area contributed by atoms with Crippen LogP contribution in [0.3, 0.4) is 0 Å². The summed E-state index contributed by atoms with van der Waals surface area (Å²) in [5.74, 6) is -1.48. The van der Waals surface area contributed by atoms with Gasteiger partial charge in [-0.1, -0.05) is 30.3 Å². The number of nitrogens with one attached hydrogen (secondary N) is 3. The van der Waals surface area contributed by atoms with Crippen LogP contribution in [-0.4, -0.2) is 52.0 Å². The fourth-order valence-corrected chi connectivity index (χ4v) is 2.96. The van der Waals surface area contributed by atoms with E-state index in [1.165, 1.54) is 24.3 Å².